The van der Waals surface area contributed by atoms with Gasteiger partial charge in [-0.15, -0.1) is 10.2 Å². The van der Waals surface area contributed by atoms with Gasteiger partial charge in [0.15, 0.2) is 0 Å². The normalized spacial score (nSPS) is 15.5. The fourth-order valence-corrected chi connectivity index (χ4v) is 4.60. The first-order valence-electron chi connectivity index (χ1n) is 12.7. The van der Waals surface area contributed by atoms with Crippen molar-refractivity contribution in [1.82, 2.24) is 19.7 Å². The number of nitrogens with zero attached hydrogens (tertiary/aromatic N) is 4. The monoisotopic (exact) mass is 532 g/mol. The highest BCUT2D eigenvalue weighted by atomic mass is 16.6. The Bertz CT molecular complexity index is 1490. The lowest BCUT2D eigenvalue weighted by molar-refractivity contribution is 0.0547. The van der Waals surface area contributed by atoms with Crippen LogP contribution in [0.25, 0.3) is 22.4 Å². The summed E-state index contributed by atoms with van der Waals surface area (Å²) >= 11 is 0. The molecule has 2 N–H and O–H groups in total. The summed E-state index contributed by atoms with van der Waals surface area (Å²) < 4.78 is 18.1. The molecule has 1 aliphatic heterocycles. The van der Waals surface area contributed by atoms with Crippen LogP contribution in [0.3, 0.4) is 0 Å². The minimum Gasteiger partial charge on any atom is -0.445 e. The number of carbonyl (C=O) groups is 2. The zero-order chi connectivity index (χ0) is 27.7. The van der Waals surface area contributed by atoms with E-state index in [0.717, 1.165) is 16.6 Å². The van der Waals surface area contributed by atoms with Gasteiger partial charge in [0.05, 0.1) is 11.1 Å². The van der Waals surface area contributed by atoms with Crippen molar-refractivity contribution >= 4 is 35.8 Å². The Morgan fingerprint density at radius 2 is 1.85 bits per heavy atom. The van der Waals surface area contributed by atoms with Gasteiger partial charge >= 0.3 is 19.3 Å². The lowest BCUT2D eigenvalue weighted by Crippen LogP contribution is -2.40. The molecule has 0 bridgehead atoms. The maximum atomic E-state index is 12.8. The third-order valence-electron chi connectivity index (χ3n) is 6.34. The summed E-state index contributed by atoms with van der Waals surface area (Å²) in [7, 11) is -1.89. The molecule has 11 nitrogen and oxygen atoms in total. The number of fused-ring (bicyclic) bond motifs is 1. The Morgan fingerprint density at radius 1 is 1.08 bits per heavy atom. The van der Waals surface area contributed by atoms with Gasteiger partial charge in [-0.3, -0.25) is 9.47 Å². The number of hydrogen-bond acceptors (Lipinski definition) is 9. The van der Waals surface area contributed by atoms with E-state index in [0.29, 0.717) is 35.3 Å². The second-order valence-electron chi connectivity index (χ2n) is 10.4. The van der Waals surface area contributed by atoms with E-state index in [-0.39, 0.29) is 18.1 Å². The molecule has 1 aliphatic rings. The molecule has 0 saturated carbocycles. The van der Waals surface area contributed by atoms with Gasteiger partial charge in [0.25, 0.3) is 0 Å². The van der Waals surface area contributed by atoms with Crippen LogP contribution in [0.4, 0.5) is 9.59 Å². The Hall–Kier alpha value is -4.16. The van der Waals surface area contributed by atoms with Gasteiger partial charge in [-0.25, -0.2) is 9.59 Å². The van der Waals surface area contributed by atoms with E-state index in [2.05, 4.69) is 10.2 Å². The third kappa shape index (κ3) is 5.66. The van der Waals surface area contributed by atoms with Crippen molar-refractivity contribution < 1.29 is 33.5 Å². The summed E-state index contributed by atoms with van der Waals surface area (Å²) in [6.45, 7) is 5.87. The minimum absolute atomic E-state index is 0.0294. The molecular weight excluding hydrogens is 503 g/mol. The zero-order valence-corrected chi connectivity index (χ0v) is 21.9. The number of benzene rings is 2. The molecular formula is C27H29BN4O7. The first kappa shape index (κ1) is 26.5. The van der Waals surface area contributed by atoms with Crippen LogP contribution in [0.5, 0.6) is 0 Å². The molecule has 39 heavy (non-hydrogen) atoms. The van der Waals surface area contributed by atoms with Crippen molar-refractivity contribution in [3.8, 4) is 11.5 Å². The molecule has 1 atom stereocenters. The standard InChI is InChI=1S/C27H29BN4O7/c1-27(2,3)39-26(34)32-20-12-11-18(14-19(20)15-22(32)28(35)36)23-29-30-24(38-23)21-10-7-13-31(21)25(33)37-16-17-8-5-4-6-9-17/h4-6,8-9,11-12,14-15,21,35-36H,7,10,13,16H2,1-3H3/t21-/m0/s1. The maximum Gasteiger partial charge on any atom is 0.506 e. The molecule has 1 saturated heterocycles. The largest absolute Gasteiger partial charge is 0.506 e. The van der Waals surface area contributed by atoms with Crippen LogP contribution in [0, 0.1) is 0 Å². The fraction of sp³-hybridized carbons (Fsp3) is 0.333. The van der Waals surface area contributed by atoms with Gasteiger partial charge in [-0.2, -0.15) is 0 Å². The molecule has 2 aromatic carbocycles. The molecule has 0 spiro atoms. The van der Waals surface area contributed by atoms with E-state index in [9.17, 15) is 19.6 Å². The quantitative estimate of drug-likeness (QED) is 0.369. The van der Waals surface area contributed by atoms with E-state index in [1.54, 1.807) is 43.9 Å². The third-order valence-corrected chi connectivity index (χ3v) is 6.34. The van der Waals surface area contributed by atoms with Crippen LogP contribution in [0.15, 0.2) is 59.0 Å². The second-order valence-corrected chi connectivity index (χ2v) is 10.4. The maximum absolute atomic E-state index is 12.8. The highest BCUT2D eigenvalue weighted by Gasteiger charge is 2.35. The van der Waals surface area contributed by atoms with Gasteiger partial charge in [-0.05, 0) is 63.4 Å². The summed E-state index contributed by atoms with van der Waals surface area (Å²) in [5, 5.41) is 28.7. The van der Waals surface area contributed by atoms with Crippen LogP contribution in [-0.2, 0) is 16.1 Å². The average Bonchev–Trinajstić information content (AvgIpc) is 3.64. The molecule has 1 fully saturated rings. The van der Waals surface area contributed by atoms with E-state index in [1.165, 1.54) is 6.07 Å². The van der Waals surface area contributed by atoms with Crippen molar-refractivity contribution in [2.45, 2.75) is 51.9 Å². The smallest absolute Gasteiger partial charge is 0.445 e. The van der Waals surface area contributed by atoms with Crippen molar-refractivity contribution in [2.75, 3.05) is 6.54 Å². The number of hydrogen-bond donors (Lipinski definition) is 2. The summed E-state index contributed by atoms with van der Waals surface area (Å²) in [4.78, 5) is 27.2. The summed E-state index contributed by atoms with van der Waals surface area (Å²) in [6, 6.07) is 15.6. The predicted octanol–water partition coefficient (Wildman–Crippen LogP) is 3.63. The molecule has 0 unspecified atom stereocenters. The molecule has 0 radical (unpaired) electrons. The van der Waals surface area contributed by atoms with E-state index >= 15 is 0 Å². The van der Waals surface area contributed by atoms with Gasteiger partial charge in [-0.1, -0.05) is 30.3 Å². The van der Waals surface area contributed by atoms with Gasteiger partial charge < -0.3 is 23.9 Å². The molecule has 4 aromatic rings. The second kappa shape index (κ2) is 10.5. The highest BCUT2D eigenvalue weighted by Crippen LogP contribution is 2.34. The topological polar surface area (TPSA) is 140 Å². The Kier molecular flexibility index (Phi) is 7.15. The van der Waals surface area contributed by atoms with Crippen LogP contribution >= 0.6 is 0 Å². The number of aromatic nitrogens is 3. The molecule has 5 rings (SSSR count). The summed E-state index contributed by atoms with van der Waals surface area (Å²) in [6.07, 6.45) is 0.270. The molecule has 1 amide bonds. The van der Waals surface area contributed by atoms with Crippen LogP contribution in [-0.4, -0.2) is 61.2 Å². The lowest BCUT2D eigenvalue weighted by atomic mass is 9.86. The van der Waals surface area contributed by atoms with Crippen molar-refractivity contribution in [1.29, 1.82) is 0 Å². The van der Waals surface area contributed by atoms with Crippen molar-refractivity contribution in [3.05, 3.63) is 66.1 Å². The summed E-state index contributed by atoms with van der Waals surface area (Å²) in [5.41, 5.74) is 1.09. The molecule has 12 heteroatoms. The number of carbonyl (C=O) groups excluding carboxylic acids is 2. The first-order valence-corrected chi connectivity index (χ1v) is 12.7. The van der Waals surface area contributed by atoms with Crippen molar-refractivity contribution in [3.63, 3.8) is 0 Å². The van der Waals surface area contributed by atoms with Gasteiger partial charge in [0.1, 0.15) is 18.2 Å². The predicted molar refractivity (Wildman–Crippen MR) is 142 cm³/mol. The number of likely N-dealkylation sites (tertiary alicyclic amines) is 1. The Labute approximate surface area is 225 Å². The Balaban J connectivity index is 1.37. The number of amides is 1. The zero-order valence-electron chi connectivity index (χ0n) is 21.9. The Morgan fingerprint density at radius 3 is 2.56 bits per heavy atom. The van der Waals surface area contributed by atoms with E-state index < -0.39 is 30.9 Å². The highest BCUT2D eigenvalue weighted by molar-refractivity contribution is 6.59. The molecule has 3 heterocycles. The average molecular weight is 532 g/mol. The van der Waals surface area contributed by atoms with Crippen LogP contribution < -0.4 is 5.59 Å². The van der Waals surface area contributed by atoms with Gasteiger partial charge in [0, 0.05) is 17.5 Å². The SMILES string of the molecule is CC(C)(C)OC(=O)n1c(B(O)O)cc2cc(-c3nnc([C@@H]4CCCN4C(=O)OCc4ccccc4)o3)ccc21. The number of rotatable bonds is 5. The van der Waals surface area contributed by atoms with Crippen LogP contribution in [0.1, 0.15) is 51.1 Å². The first-order chi connectivity index (χ1) is 18.6. The fourth-order valence-electron chi connectivity index (χ4n) is 4.60. The van der Waals surface area contributed by atoms with E-state index in [4.69, 9.17) is 13.9 Å². The van der Waals surface area contributed by atoms with Crippen molar-refractivity contribution in [2.24, 2.45) is 0 Å². The number of ether oxygens (including phenoxy) is 2. The van der Waals surface area contributed by atoms with Crippen LogP contribution in [0.2, 0.25) is 0 Å². The minimum atomic E-state index is -1.89. The van der Waals surface area contributed by atoms with Gasteiger partial charge in [0.2, 0.25) is 11.8 Å². The summed E-state index contributed by atoms with van der Waals surface area (Å²) in [5.74, 6) is 0.532. The molecule has 0 aliphatic carbocycles. The van der Waals surface area contributed by atoms with E-state index in [1.807, 2.05) is 30.3 Å². The molecule has 202 valence electrons. The lowest BCUT2D eigenvalue weighted by Gasteiger charge is -2.21. The molecule has 2 aromatic heterocycles.